The van der Waals surface area contributed by atoms with Crippen LogP contribution >= 0.6 is 0 Å². The molecule has 0 atom stereocenters. The maximum atomic E-state index is 12.4. The van der Waals surface area contributed by atoms with Crippen molar-refractivity contribution in [3.63, 3.8) is 0 Å². The van der Waals surface area contributed by atoms with Gasteiger partial charge in [-0.2, -0.15) is 0 Å². The molecule has 3 aromatic carbocycles. The van der Waals surface area contributed by atoms with Crippen LogP contribution in [0.15, 0.2) is 78.9 Å². The number of benzene rings is 3. The molecule has 0 spiro atoms. The molecule has 0 fully saturated rings. The summed E-state index contributed by atoms with van der Waals surface area (Å²) >= 11 is 0. The van der Waals surface area contributed by atoms with Crippen LogP contribution < -0.4 is 9.47 Å². The standard InChI is InChI=1S/C24H23NO4/c1-25(16-18-7-6-10-22(15-18)28-2)23(26)17-29-21-13-11-20(12-14-21)24(27)19-8-4-3-5-9-19/h3-15H,16-17H2,1-2H3. The maximum Gasteiger partial charge on any atom is 0.260 e. The number of ether oxygens (including phenoxy) is 2. The second-order valence-corrected chi connectivity index (χ2v) is 6.61. The van der Waals surface area contributed by atoms with E-state index in [0.717, 1.165) is 11.3 Å². The highest BCUT2D eigenvalue weighted by molar-refractivity contribution is 6.08. The molecule has 0 radical (unpaired) electrons. The van der Waals surface area contributed by atoms with Crippen molar-refractivity contribution in [2.24, 2.45) is 0 Å². The lowest BCUT2D eigenvalue weighted by atomic mass is 10.0. The molecule has 29 heavy (non-hydrogen) atoms. The van der Waals surface area contributed by atoms with Crippen LogP contribution in [0, 0.1) is 0 Å². The Kier molecular flexibility index (Phi) is 6.63. The first-order valence-electron chi connectivity index (χ1n) is 9.26. The Labute approximate surface area is 170 Å². The van der Waals surface area contributed by atoms with Gasteiger partial charge in [0.25, 0.3) is 5.91 Å². The predicted octanol–water partition coefficient (Wildman–Crippen LogP) is 3.96. The molecule has 0 saturated heterocycles. The molecule has 0 saturated carbocycles. The number of hydrogen-bond donors (Lipinski definition) is 0. The van der Waals surface area contributed by atoms with Crippen LogP contribution in [0.3, 0.4) is 0 Å². The fourth-order valence-electron chi connectivity index (χ4n) is 2.85. The Morgan fingerprint density at radius 2 is 1.52 bits per heavy atom. The summed E-state index contributed by atoms with van der Waals surface area (Å²) in [7, 11) is 3.34. The number of amides is 1. The van der Waals surface area contributed by atoms with Crippen molar-refractivity contribution in [3.05, 3.63) is 95.6 Å². The second kappa shape index (κ2) is 9.55. The number of carbonyl (C=O) groups is 2. The van der Waals surface area contributed by atoms with Crippen LogP contribution in [0.2, 0.25) is 0 Å². The molecule has 5 nitrogen and oxygen atoms in total. The number of hydrogen-bond acceptors (Lipinski definition) is 4. The molecular weight excluding hydrogens is 366 g/mol. The number of methoxy groups -OCH3 is 1. The van der Waals surface area contributed by atoms with E-state index in [-0.39, 0.29) is 18.3 Å². The van der Waals surface area contributed by atoms with Crippen molar-refractivity contribution >= 4 is 11.7 Å². The van der Waals surface area contributed by atoms with Gasteiger partial charge in [0.2, 0.25) is 0 Å². The molecule has 0 aliphatic rings. The zero-order valence-corrected chi connectivity index (χ0v) is 16.5. The van der Waals surface area contributed by atoms with E-state index in [2.05, 4.69) is 0 Å². The topological polar surface area (TPSA) is 55.8 Å². The van der Waals surface area contributed by atoms with Gasteiger partial charge >= 0.3 is 0 Å². The number of likely N-dealkylation sites (N-methyl/N-ethyl adjacent to an activating group) is 1. The quantitative estimate of drug-likeness (QED) is 0.547. The van der Waals surface area contributed by atoms with Gasteiger partial charge in [-0.25, -0.2) is 0 Å². The lowest BCUT2D eigenvalue weighted by Crippen LogP contribution is -2.30. The maximum absolute atomic E-state index is 12.4. The molecule has 0 N–H and O–H groups in total. The summed E-state index contributed by atoms with van der Waals surface area (Å²) in [5.74, 6) is 1.10. The van der Waals surface area contributed by atoms with Crippen LogP contribution in [-0.4, -0.2) is 37.4 Å². The highest BCUT2D eigenvalue weighted by Gasteiger charge is 2.12. The Morgan fingerprint density at radius 3 is 2.21 bits per heavy atom. The summed E-state index contributed by atoms with van der Waals surface area (Å²) in [6, 6.07) is 23.5. The Morgan fingerprint density at radius 1 is 0.828 bits per heavy atom. The van der Waals surface area contributed by atoms with E-state index in [1.54, 1.807) is 55.5 Å². The zero-order valence-electron chi connectivity index (χ0n) is 16.5. The highest BCUT2D eigenvalue weighted by Crippen LogP contribution is 2.16. The van der Waals surface area contributed by atoms with Gasteiger partial charge in [-0.05, 0) is 42.0 Å². The first-order chi connectivity index (χ1) is 14.1. The lowest BCUT2D eigenvalue weighted by Gasteiger charge is -2.18. The fraction of sp³-hybridized carbons (Fsp3) is 0.167. The summed E-state index contributed by atoms with van der Waals surface area (Å²) in [6.45, 7) is 0.385. The largest absolute Gasteiger partial charge is 0.497 e. The summed E-state index contributed by atoms with van der Waals surface area (Å²) in [5.41, 5.74) is 2.18. The van der Waals surface area contributed by atoms with E-state index in [0.29, 0.717) is 23.4 Å². The van der Waals surface area contributed by atoms with Crippen LogP contribution in [0.4, 0.5) is 0 Å². The average molecular weight is 389 g/mol. The van der Waals surface area contributed by atoms with Gasteiger partial charge < -0.3 is 14.4 Å². The smallest absolute Gasteiger partial charge is 0.260 e. The third kappa shape index (κ3) is 5.45. The van der Waals surface area contributed by atoms with E-state index in [9.17, 15) is 9.59 Å². The van der Waals surface area contributed by atoms with E-state index < -0.39 is 0 Å². The van der Waals surface area contributed by atoms with Gasteiger partial charge in [-0.3, -0.25) is 9.59 Å². The monoisotopic (exact) mass is 389 g/mol. The van der Waals surface area contributed by atoms with Crippen molar-refractivity contribution in [2.75, 3.05) is 20.8 Å². The van der Waals surface area contributed by atoms with Crippen LogP contribution in [0.25, 0.3) is 0 Å². The summed E-state index contributed by atoms with van der Waals surface area (Å²) < 4.78 is 10.8. The van der Waals surface area contributed by atoms with Gasteiger partial charge in [0.1, 0.15) is 11.5 Å². The number of ketones is 1. The molecule has 1 amide bonds. The third-order valence-corrected chi connectivity index (χ3v) is 4.49. The lowest BCUT2D eigenvalue weighted by molar-refractivity contribution is -0.132. The summed E-state index contributed by atoms with van der Waals surface area (Å²) in [5, 5.41) is 0. The first kappa shape index (κ1) is 20.1. The molecule has 0 bridgehead atoms. The summed E-state index contributed by atoms with van der Waals surface area (Å²) in [6.07, 6.45) is 0. The Bertz CT molecular complexity index is 968. The van der Waals surface area contributed by atoms with Crippen molar-refractivity contribution in [3.8, 4) is 11.5 Å². The molecule has 0 aliphatic carbocycles. The average Bonchev–Trinajstić information content (AvgIpc) is 2.78. The highest BCUT2D eigenvalue weighted by atomic mass is 16.5. The number of carbonyl (C=O) groups excluding carboxylic acids is 2. The van der Waals surface area contributed by atoms with Gasteiger partial charge in [0.15, 0.2) is 12.4 Å². The molecule has 0 unspecified atom stereocenters. The number of rotatable bonds is 8. The van der Waals surface area contributed by atoms with E-state index >= 15 is 0 Å². The minimum atomic E-state index is -0.141. The van der Waals surface area contributed by atoms with E-state index in [4.69, 9.17) is 9.47 Å². The zero-order chi connectivity index (χ0) is 20.6. The second-order valence-electron chi connectivity index (χ2n) is 6.61. The van der Waals surface area contributed by atoms with E-state index in [1.165, 1.54) is 0 Å². The van der Waals surface area contributed by atoms with Crippen LogP contribution in [0.1, 0.15) is 21.5 Å². The molecular formula is C24H23NO4. The van der Waals surface area contributed by atoms with Gasteiger partial charge in [-0.15, -0.1) is 0 Å². The fourth-order valence-corrected chi connectivity index (χ4v) is 2.85. The van der Waals surface area contributed by atoms with Crippen molar-refractivity contribution in [2.45, 2.75) is 6.54 Å². The first-order valence-corrected chi connectivity index (χ1v) is 9.26. The molecule has 3 rings (SSSR count). The Hall–Kier alpha value is -3.60. The summed E-state index contributed by atoms with van der Waals surface area (Å²) in [4.78, 5) is 26.4. The molecule has 148 valence electrons. The minimum Gasteiger partial charge on any atom is -0.497 e. The normalized spacial score (nSPS) is 10.3. The molecule has 3 aromatic rings. The van der Waals surface area contributed by atoms with Crippen molar-refractivity contribution in [1.29, 1.82) is 0 Å². The van der Waals surface area contributed by atoms with E-state index in [1.807, 2.05) is 42.5 Å². The van der Waals surface area contributed by atoms with Crippen molar-refractivity contribution in [1.82, 2.24) is 4.90 Å². The molecule has 0 aromatic heterocycles. The molecule has 0 aliphatic heterocycles. The van der Waals surface area contributed by atoms with Gasteiger partial charge in [0.05, 0.1) is 7.11 Å². The van der Waals surface area contributed by atoms with Gasteiger partial charge in [-0.1, -0.05) is 42.5 Å². The predicted molar refractivity (Wildman–Crippen MR) is 111 cm³/mol. The third-order valence-electron chi connectivity index (χ3n) is 4.49. The van der Waals surface area contributed by atoms with Crippen LogP contribution in [-0.2, 0) is 11.3 Å². The van der Waals surface area contributed by atoms with Gasteiger partial charge in [0, 0.05) is 24.7 Å². The Balaban J connectivity index is 1.54. The SMILES string of the molecule is COc1cccc(CN(C)C(=O)COc2ccc(C(=O)c3ccccc3)cc2)c1. The van der Waals surface area contributed by atoms with Crippen molar-refractivity contribution < 1.29 is 19.1 Å². The van der Waals surface area contributed by atoms with Crippen LogP contribution in [0.5, 0.6) is 11.5 Å². The number of nitrogens with zero attached hydrogens (tertiary/aromatic N) is 1. The molecule has 5 heteroatoms. The minimum absolute atomic E-state index is 0.0498. The molecule has 0 heterocycles.